The fourth-order valence-electron chi connectivity index (χ4n) is 2.34. The van der Waals surface area contributed by atoms with Gasteiger partial charge in [0.15, 0.2) is 29.0 Å². The van der Waals surface area contributed by atoms with Crippen LogP contribution in [-0.4, -0.2) is 17.8 Å². The van der Waals surface area contributed by atoms with Gasteiger partial charge in [-0.15, -0.1) is 0 Å². The van der Waals surface area contributed by atoms with E-state index >= 15 is 0 Å². The van der Waals surface area contributed by atoms with E-state index in [9.17, 15) is 13.2 Å². The van der Waals surface area contributed by atoms with E-state index in [0.717, 1.165) is 0 Å². The number of phenols is 1. The molecule has 3 nitrogen and oxygen atoms in total. The fraction of sp³-hybridized carbons (Fsp3) is 0.429. The van der Waals surface area contributed by atoms with E-state index in [1.54, 1.807) is 19.9 Å². The molecule has 2 atom stereocenters. The van der Waals surface area contributed by atoms with E-state index in [2.05, 4.69) is 13.2 Å². The first-order valence-electron chi connectivity index (χ1n) is 8.82. The zero-order valence-electron chi connectivity index (χ0n) is 16.0. The van der Waals surface area contributed by atoms with Gasteiger partial charge in [0.05, 0.1) is 19.3 Å². The second-order valence-electron chi connectivity index (χ2n) is 6.40. The van der Waals surface area contributed by atoms with Gasteiger partial charge in [-0.3, -0.25) is 0 Å². The van der Waals surface area contributed by atoms with Crippen molar-refractivity contribution in [1.82, 2.24) is 0 Å². The molecule has 1 N–H and O–H groups in total. The first kappa shape index (κ1) is 22.8. The quantitative estimate of drug-likeness (QED) is 0.369. The number of aromatic hydroxyl groups is 1. The number of hydrogen-bond acceptors (Lipinski definition) is 3. The van der Waals surface area contributed by atoms with Gasteiger partial charge in [-0.1, -0.05) is 26.1 Å². The Kier molecular flexibility index (Phi) is 9.15. The van der Waals surface area contributed by atoms with Crippen LogP contribution in [0, 0.1) is 11.7 Å². The van der Waals surface area contributed by atoms with Crippen molar-refractivity contribution in [3.8, 4) is 5.75 Å². The van der Waals surface area contributed by atoms with Crippen LogP contribution in [0.1, 0.15) is 39.2 Å². The zero-order chi connectivity index (χ0) is 20.6. The van der Waals surface area contributed by atoms with Crippen LogP contribution in [0.5, 0.6) is 5.75 Å². The molecule has 0 fully saturated rings. The molecular weight excluding hydrogens is 357 g/mol. The summed E-state index contributed by atoms with van der Waals surface area (Å²) in [5.74, 6) is -3.94. The number of hydrogen-bond donors (Lipinski definition) is 1. The van der Waals surface area contributed by atoms with Crippen molar-refractivity contribution in [2.45, 2.75) is 46.3 Å². The maximum absolute atomic E-state index is 14.2. The smallest absolute Gasteiger partial charge is 0.200 e. The van der Waals surface area contributed by atoms with E-state index in [1.165, 1.54) is 12.1 Å². The molecule has 0 spiro atoms. The molecule has 1 rings (SSSR count). The van der Waals surface area contributed by atoms with E-state index in [1.807, 2.05) is 6.92 Å². The summed E-state index contributed by atoms with van der Waals surface area (Å²) in [6.45, 7) is 12.6. The van der Waals surface area contributed by atoms with Crippen molar-refractivity contribution < 1.29 is 27.8 Å². The molecule has 150 valence electrons. The van der Waals surface area contributed by atoms with Crippen LogP contribution in [0.2, 0.25) is 0 Å². The molecule has 0 radical (unpaired) electrons. The molecule has 0 aromatic heterocycles. The predicted molar refractivity (Wildman–Crippen MR) is 99.9 cm³/mol. The minimum Gasteiger partial charge on any atom is -0.505 e. The lowest BCUT2D eigenvalue weighted by Crippen LogP contribution is -2.11. The average molecular weight is 384 g/mol. The number of allylic oxidation sites excluding steroid dienone is 3. The molecule has 0 aliphatic rings. The maximum atomic E-state index is 14.2. The number of benzene rings is 1. The third kappa shape index (κ3) is 7.13. The highest BCUT2D eigenvalue weighted by Gasteiger charge is 2.19. The van der Waals surface area contributed by atoms with Crippen LogP contribution in [0.3, 0.4) is 0 Å². The Morgan fingerprint density at radius 1 is 1.15 bits per heavy atom. The van der Waals surface area contributed by atoms with Gasteiger partial charge in [0.2, 0.25) is 0 Å². The van der Waals surface area contributed by atoms with Crippen molar-refractivity contribution in [1.29, 1.82) is 0 Å². The standard InChI is InChI=1S/C21H27F3O3/c1-6-26-16(5)21(24)20(23)15(4)13(2)7-8-14(3)27-12-17-9-10-19(25)18(22)11-17/h9-11,13-14,25H,4-8,12H2,1-3H3/b21-20-. The van der Waals surface area contributed by atoms with Gasteiger partial charge in [0.1, 0.15) is 0 Å². The molecule has 0 bridgehead atoms. The van der Waals surface area contributed by atoms with Crippen LogP contribution in [-0.2, 0) is 16.1 Å². The topological polar surface area (TPSA) is 38.7 Å². The molecule has 0 heterocycles. The first-order chi connectivity index (χ1) is 12.7. The predicted octanol–water partition coefficient (Wildman–Crippen LogP) is 6.11. The van der Waals surface area contributed by atoms with Crippen LogP contribution in [0.25, 0.3) is 0 Å². The van der Waals surface area contributed by atoms with Crippen molar-refractivity contribution in [3.63, 3.8) is 0 Å². The Morgan fingerprint density at radius 3 is 2.41 bits per heavy atom. The molecule has 0 aliphatic carbocycles. The maximum Gasteiger partial charge on any atom is 0.200 e. The highest BCUT2D eigenvalue weighted by Crippen LogP contribution is 2.29. The summed E-state index contributed by atoms with van der Waals surface area (Å²) in [5, 5.41) is 9.17. The van der Waals surface area contributed by atoms with Gasteiger partial charge in [-0.2, -0.15) is 4.39 Å². The Morgan fingerprint density at radius 2 is 1.81 bits per heavy atom. The minimum absolute atomic E-state index is 0.0427. The van der Waals surface area contributed by atoms with Gasteiger partial charge < -0.3 is 14.6 Å². The van der Waals surface area contributed by atoms with Crippen molar-refractivity contribution >= 4 is 0 Å². The number of halogens is 3. The Balaban J connectivity index is 2.51. The van der Waals surface area contributed by atoms with Gasteiger partial charge in [-0.25, -0.2) is 8.78 Å². The van der Waals surface area contributed by atoms with Crippen LogP contribution in [0.4, 0.5) is 13.2 Å². The summed E-state index contributed by atoms with van der Waals surface area (Å²) in [6.07, 6.45) is 0.945. The Bertz CT molecular complexity index is 698. The zero-order valence-corrected chi connectivity index (χ0v) is 16.0. The molecule has 0 aliphatic heterocycles. The second-order valence-corrected chi connectivity index (χ2v) is 6.40. The van der Waals surface area contributed by atoms with Crippen LogP contribution in [0.15, 0.2) is 54.3 Å². The average Bonchev–Trinajstić information content (AvgIpc) is 2.65. The Hall–Kier alpha value is -2.21. The van der Waals surface area contributed by atoms with Gasteiger partial charge in [0.25, 0.3) is 0 Å². The number of ether oxygens (including phenoxy) is 2. The third-order valence-electron chi connectivity index (χ3n) is 4.19. The van der Waals surface area contributed by atoms with E-state index in [4.69, 9.17) is 14.6 Å². The van der Waals surface area contributed by atoms with Crippen LogP contribution < -0.4 is 0 Å². The summed E-state index contributed by atoms with van der Waals surface area (Å²) in [5.41, 5.74) is 0.640. The summed E-state index contributed by atoms with van der Waals surface area (Å²) < 4.78 is 51.9. The van der Waals surface area contributed by atoms with Crippen LogP contribution >= 0.6 is 0 Å². The lowest BCUT2D eigenvalue weighted by molar-refractivity contribution is 0.0444. The highest BCUT2D eigenvalue weighted by molar-refractivity contribution is 5.33. The largest absolute Gasteiger partial charge is 0.505 e. The van der Waals surface area contributed by atoms with E-state index < -0.39 is 23.2 Å². The van der Waals surface area contributed by atoms with Crippen molar-refractivity contribution in [3.05, 3.63) is 65.7 Å². The summed E-state index contributed by atoms with van der Waals surface area (Å²) in [6, 6.07) is 4.05. The lowest BCUT2D eigenvalue weighted by atomic mass is 9.94. The molecule has 27 heavy (non-hydrogen) atoms. The van der Waals surface area contributed by atoms with Gasteiger partial charge >= 0.3 is 0 Å². The molecular formula is C21H27F3O3. The number of rotatable bonds is 11. The number of phenolic OH excluding ortho intramolecular Hbond substituents is 1. The normalized spacial score (nSPS) is 14.3. The second kappa shape index (κ2) is 10.8. The molecule has 0 amide bonds. The van der Waals surface area contributed by atoms with E-state index in [0.29, 0.717) is 18.4 Å². The summed E-state index contributed by atoms with van der Waals surface area (Å²) in [4.78, 5) is 0. The molecule has 1 aromatic rings. The SMILES string of the molecule is C=C(OCC)/C(F)=C(/F)C(=C)C(C)CCC(C)OCc1ccc(O)c(F)c1. The van der Waals surface area contributed by atoms with Gasteiger partial charge in [-0.05, 0) is 55.9 Å². The molecule has 0 saturated heterocycles. The summed E-state index contributed by atoms with van der Waals surface area (Å²) in [7, 11) is 0. The van der Waals surface area contributed by atoms with Gasteiger partial charge in [0, 0.05) is 0 Å². The monoisotopic (exact) mass is 384 g/mol. The highest BCUT2D eigenvalue weighted by atomic mass is 19.2. The molecule has 2 unspecified atom stereocenters. The third-order valence-corrected chi connectivity index (χ3v) is 4.19. The molecule has 0 saturated carbocycles. The first-order valence-corrected chi connectivity index (χ1v) is 8.82. The van der Waals surface area contributed by atoms with Crippen molar-refractivity contribution in [2.24, 2.45) is 5.92 Å². The van der Waals surface area contributed by atoms with Crippen molar-refractivity contribution in [2.75, 3.05) is 6.61 Å². The lowest BCUT2D eigenvalue weighted by Gasteiger charge is -2.18. The Labute approximate surface area is 158 Å². The fourth-order valence-corrected chi connectivity index (χ4v) is 2.34. The minimum atomic E-state index is -1.13. The molecule has 1 aromatic carbocycles. The summed E-state index contributed by atoms with van der Waals surface area (Å²) >= 11 is 0. The molecule has 6 heteroatoms. The van der Waals surface area contributed by atoms with E-state index in [-0.39, 0.29) is 36.6 Å².